The summed E-state index contributed by atoms with van der Waals surface area (Å²) in [5.41, 5.74) is -2.08. The molecule has 0 bridgehead atoms. The van der Waals surface area contributed by atoms with Crippen LogP contribution in [-0.2, 0) is 16.1 Å². The highest BCUT2D eigenvalue weighted by atomic mass is 19.4. The Morgan fingerprint density at radius 1 is 1.07 bits per heavy atom. The van der Waals surface area contributed by atoms with E-state index in [0.29, 0.717) is 11.6 Å². The minimum atomic E-state index is -5.46. The molecule has 216 valence electrons. The number of amides is 2. The first-order chi connectivity index (χ1) is 18.6. The summed E-state index contributed by atoms with van der Waals surface area (Å²) >= 11 is 0. The van der Waals surface area contributed by atoms with Gasteiger partial charge in [0, 0.05) is 12.7 Å². The molecule has 1 unspecified atom stereocenters. The van der Waals surface area contributed by atoms with Crippen LogP contribution in [0.3, 0.4) is 0 Å². The number of esters is 1. The fourth-order valence-electron chi connectivity index (χ4n) is 3.49. The maximum Gasteiger partial charge on any atom is 0.491 e. The van der Waals surface area contributed by atoms with Crippen LogP contribution in [0.5, 0.6) is 5.75 Å². The smallest absolute Gasteiger partial charge is 0.485 e. The average Bonchev–Trinajstić information content (AvgIpc) is 3.19. The van der Waals surface area contributed by atoms with Crippen molar-refractivity contribution >= 4 is 23.6 Å². The Morgan fingerprint density at radius 2 is 1.73 bits per heavy atom. The van der Waals surface area contributed by atoms with Crippen LogP contribution in [0.1, 0.15) is 34.2 Å². The Morgan fingerprint density at radius 3 is 2.35 bits per heavy atom. The van der Waals surface area contributed by atoms with E-state index in [4.69, 9.17) is 4.74 Å². The largest absolute Gasteiger partial charge is 0.491 e. The molecule has 0 aliphatic carbocycles. The molecule has 1 atom stereocenters. The van der Waals surface area contributed by atoms with Gasteiger partial charge in [0.2, 0.25) is 0 Å². The molecular weight excluding hydrogens is 557 g/mol. The Balaban J connectivity index is 1.80. The van der Waals surface area contributed by atoms with Crippen molar-refractivity contribution < 1.29 is 54.6 Å². The summed E-state index contributed by atoms with van der Waals surface area (Å²) in [5.74, 6) is -7.44. The molecule has 40 heavy (non-hydrogen) atoms. The Kier molecular flexibility index (Phi) is 8.60. The second-order valence-corrected chi connectivity index (χ2v) is 8.91. The number of carbonyl (C=O) groups excluding carboxylic acids is 3. The van der Waals surface area contributed by atoms with E-state index in [1.54, 1.807) is 12.2 Å². The van der Waals surface area contributed by atoms with Crippen molar-refractivity contribution in [1.82, 2.24) is 20.0 Å². The quantitative estimate of drug-likeness (QED) is 0.179. The second kappa shape index (κ2) is 11.4. The zero-order valence-electron chi connectivity index (χ0n) is 21.0. The van der Waals surface area contributed by atoms with Crippen LogP contribution in [0.2, 0.25) is 0 Å². The van der Waals surface area contributed by atoms with Crippen molar-refractivity contribution in [3.05, 3.63) is 64.4 Å². The number of rotatable bonds is 8. The van der Waals surface area contributed by atoms with E-state index in [0.717, 1.165) is 13.0 Å². The number of nitrogens with zero attached hydrogens (tertiary/aromatic N) is 2. The maximum absolute atomic E-state index is 14.0. The van der Waals surface area contributed by atoms with Gasteiger partial charge in [0.1, 0.15) is 24.8 Å². The molecule has 0 aliphatic heterocycles. The SMILES string of the molecule is Cc1cc(OCc2c(F)ccc(F)c2F)c2nc(C)c(C(=O)NCC(C)(CF)NC(=O)OC(=O)C(F)(F)F)n2c1. The van der Waals surface area contributed by atoms with Gasteiger partial charge < -0.3 is 20.1 Å². The van der Waals surface area contributed by atoms with Crippen molar-refractivity contribution in [2.45, 2.75) is 39.1 Å². The van der Waals surface area contributed by atoms with E-state index in [1.165, 1.54) is 23.6 Å². The van der Waals surface area contributed by atoms with Gasteiger partial charge in [0.05, 0.1) is 16.8 Å². The molecule has 2 amide bonds. The molecule has 0 radical (unpaired) electrons. The highest BCUT2D eigenvalue weighted by Gasteiger charge is 2.43. The number of ether oxygens (including phenoxy) is 2. The Hall–Kier alpha value is -4.37. The van der Waals surface area contributed by atoms with Crippen LogP contribution in [0.4, 0.5) is 35.5 Å². The van der Waals surface area contributed by atoms with Gasteiger partial charge in [-0.15, -0.1) is 0 Å². The van der Waals surface area contributed by atoms with Crippen molar-refractivity contribution in [3.8, 4) is 5.75 Å². The van der Waals surface area contributed by atoms with Gasteiger partial charge in [0.15, 0.2) is 23.0 Å². The number of benzene rings is 1. The highest BCUT2D eigenvalue weighted by Crippen LogP contribution is 2.26. The number of aryl methyl sites for hydroxylation is 2. The molecule has 0 aliphatic rings. The summed E-state index contributed by atoms with van der Waals surface area (Å²) in [7, 11) is 0. The number of alkyl halides is 4. The number of nitrogens with one attached hydrogen (secondary N) is 2. The number of imidazole rings is 1. The summed E-state index contributed by atoms with van der Waals surface area (Å²) < 4.78 is 102. The first-order valence-electron chi connectivity index (χ1n) is 11.3. The van der Waals surface area contributed by atoms with E-state index >= 15 is 0 Å². The first kappa shape index (κ1) is 30.2. The lowest BCUT2D eigenvalue weighted by Gasteiger charge is -2.27. The molecule has 0 saturated heterocycles. The lowest BCUT2D eigenvalue weighted by atomic mass is 10.1. The molecule has 0 spiro atoms. The third-order valence-corrected chi connectivity index (χ3v) is 5.48. The first-order valence-corrected chi connectivity index (χ1v) is 11.3. The minimum absolute atomic E-state index is 0.0162. The van der Waals surface area contributed by atoms with Gasteiger partial charge in [-0.05, 0) is 44.5 Å². The summed E-state index contributed by atoms with van der Waals surface area (Å²) in [5, 5.41) is 4.08. The standard InChI is InChI=1S/C24H21F7N4O5/c1-11-6-16(39-8-13-14(26)4-5-15(27)17(13)28)19-33-12(2)18(35(19)7-11)20(36)32-10-23(3,9-25)34-22(38)40-21(37)24(29,30)31/h4-7H,8-10H2,1-3H3,(H,32,36)(H,34,38). The normalized spacial score (nSPS) is 13.1. The van der Waals surface area contributed by atoms with E-state index in [9.17, 15) is 45.1 Å². The van der Waals surface area contributed by atoms with E-state index < -0.39 is 72.5 Å². The highest BCUT2D eigenvalue weighted by molar-refractivity contribution is 5.95. The van der Waals surface area contributed by atoms with Gasteiger partial charge in [-0.1, -0.05) is 0 Å². The number of carbonyl (C=O) groups is 3. The Bertz CT molecular complexity index is 1470. The molecule has 2 heterocycles. The number of hydrogen-bond acceptors (Lipinski definition) is 6. The summed E-state index contributed by atoms with van der Waals surface area (Å²) in [6.45, 7) is 1.32. The third-order valence-electron chi connectivity index (χ3n) is 5.48. The Labute approximate surface area is 221 Å². The van der Waals surface area contributed by atoms with Crippen molar-refractivity contribution in [3.63, 3.8) is 0 Å². The molecule has 0 saturated carbocycles. The number of aromatic nitrogens is 2. The van der Waals surface area contributed by atoms with E-state index in [-0.39, 0.29) is 22.8 Å². The second-order valence-electron chi connectivity index (χ2n) is 8.91. The maximum atomic E-state index is 14.0. The number of fused-ring (bicyclic) bond motifs is 1. The predicted octanol–water partition coefficient (Wildman–Crippen LogP) is 4.22. The fraction of sp³-hybridized carbons (Fsp3) is 0.333. The van der Waals surface area contributed by atoms with Gasteiger partial charge in [-0.25, -0.2) is 32.1 Å². The zero-order chi connectivity index (χ0) is 30.0. The number of alkyl carbamates (subject to hydrolysis) is 1. The van der Waals surface area contributed by atoms with Crippen LogP contribution >= 0.6 is 0 Å². The third kappa shape index (κ3) is 6.60. The molecule has 2 N–H and O–H groups in total. The van der Waals surface area contributed by atoms with Crippen LogP contribution in [0.25, 0.3) is 5.65 Å². The molecule has 3 aromatic rings. The molecule has 3 rings (SSSR count). The lowest BCUT2D eigenvalue weighted by Crippen LogP contribution is -2.56. The molecule has 1 aromatic carbocycles. The zero-order valence-corrected chi connectivity index (χ0v) is 21.0. The van der Waals surface area contributed by atoms with Gasteiger partial charge >= 0.3 is 18.2 Å². The fourth-order valence-corrected chi connectivity index (χ4v) is 3.49. The molecular formula is C24H21F7N4O5. The van der Waals surface area contributed by atoms with Crippen LogP contribution in [-0.4, -0.2) is 52.3 Å². The molecule has 16 heteroatoms. The van der Waals surface area contributed by atoms with Crippen LogP contribution in [0, 0.1) is 31.3 Å². The van der Waals surface area contributed by atoms with E-state index in [1.807, 2.05) is 0 Å². The molecule has 0 fully saturated rings. The summed E-state index contributed by atoms with van der Waals surface area (Å²) in [6.07, 6.45) is -5.88. The van der Waals surface area contributed by atoms with Crippen molar-refractivity contribution in [1.29, 1.82) is 0 Å². The van der Waals surface area contributed by atoms with Gasteiger partial charge in [-0.2, -0.15) is 13.2 Å². The average molecular weight is 578 g/mol. The van der Waals surface area contributed by atoms with Gasteiger partial charge in [-0.3, -0.25) is 9.20 Å². The van der Waals surface area contributed by atoms with Crippen LogP contribution < -0.4 is 15.4 Å². The number of halogens is 7. The number of hydrogen-bond donors (Lipinski definition) is 2. The van der Waals surface area contributed by atoms with Gasteiger partial charge in [0.25, 0.3) is 5.91 Å². The van der Waals surface area contributed by atoms with Crippen LogP contribution in [0.15, 0.2) is 24.4 Å². The predicted molar refractivity (Wildman–Crippen MR) is 123 cm³/mol. The summed E-state index contributed by atoms with van der Waals surface area (Å²) in [4.78, 5) is 39.7. The number of pyridine rings is 1. The topological polar surface area (TPSA) is 111 Å². The summed E-state index contributed by atoms with van der Waals surface area (Å²) in [6, 6.07) is 2.81. The molecule has 2 aromatic heterocycles. The van der Waals surface area contributed by atoms with Crippen molar-refractivity contribution in [2.24, 2.45) is 0 Å². The monoisotopic (exact) mass is 578 g/mol. The lowest BCUT2D eigenvalue weighted by molar-refractivity contribution is -0.193. The van der Waals surface area contributed by atoms with E-state index in [2.05, 4.69) is 15.0 Å². The molecule has 9 nitrogen and oxygen atoms in total. The minimum Gasteiger partial charge on any atom is -0.485 e. The van der Waals surface area contributed by atoms with Crippen molar-refractivity contribution in [2.75, 3.05) is 13.2 Å².